The molecule has 2 bridgehead atoms. The zero-order chi connectivity index (χ0) is 25.7. The van der Waals surface area contributed by atoms with Gasteiger partial charge in [0.15, 0.2) is 6.29 Å². The fraction of sp³-hybridized carbons (Fsp3) is 0.500. The van der Waals surface area contributed by atoms with Crippen LogP contribution in [0.3, 0.4) is 0 Å². The predicted molar refractivity (Wildman–Crippen MR) is 136 cm³/mol. The number of nitrogens with zero attached hydrogens (tertiary/aromatic N) is 4. The maximum atomic E-state index is 15.1. The third-order valence-electron chi connectivity index (χ3n) is 7.32. The Morgan fingerprint density at radius 2 is 1.95 bits per heavy atom. The first-order valence-electron chi connectivity index (χ1n) is 12.5. The lowest BCUT2D eigenvalue weighted by Crippen LogP contribution is -2.48. The number of hydrogen-bond donors (Lipinski definition) is 2. The normalized spacial score (nSPS) is 30.1. The number of nitrogens with one attached hydrogen (secondary N) is 1. The molecular weight excluding hydrogens is 501 g/mol. The van der Waals surface area contributed by atoms with Crippen LogP contribution in [0.5, 0.6) is 0 Å². The topological polar surface area (TPSA) is 102 Å². The number of aromatic nitrogens is 3. The SMILES string of the molecule is C[C@H]1COC[C@H](C)N1Cc1cnc2c(F)cc(-c3nc(N[C@@H]4C[C@H]5CO[C@H](O5)[C@H]4O)ncc3Cl)cc2c1. The van der Waals surface area contributed by atoms with Gasteiger partial charge in [0, 0.05) is 35.8 Å². The highest BCUT2D eigenvalue weighted by atomic mass is 35.5. The van der Waals surface area contributed by atoms with E-state index >= 15 is 4.39 Å². The molecule has 37 heavy (non-hydrogen) atoms. The van der Waals surface area contributed by atoms with Gasteiger partial charge in [-0.1, -0.05) is 11.6 Å². The Bertz CT molecular complexity index is 1310. The lowest BCUT2D eigenvalue weighted by molar-refractivity contribution is -0.156. The van der Waals surface area contributed by atoms with E-state index in [0.29, 0.717) is 60.0 Å². The molecule has 6 rings (SSSR count). The number of ether oxygens (including phenoxy) is 3. The Morgan fingerprint density at radius 3 is 2.76 bits per heavy atom. The Labute approximate surface area is 218 Å². The van der Waals surface area contributed by atoms with Gasteiger partial charge in [-0.05, 0) is 44.0 Å². The summed E-state index contributed by atoms with van der Waals surface area (Å²) >= 11 is 6.46. The number of morpholine rings is 1. The minimum Gasteiger partial charge on any atom is -0.386 e. The molecule has 9 nitrogen and oxygen atoms in total. The maximum Gasteiger partial charge on any atom is 0.223 e. The zero-order valence-electron chi connectivity index (χ0n) is 20.6. The second-order valence-electron chi connectivity index (χ2n) is 10.1. The molecule has 2 N–H and O–H groups in total. The molecule has 2 aromatic heterocycles. The molecule has 11 heteroatoms. The average Bonchev–Trinajstić information content (AvgIpc) is 3.29. The molecule has 3 aromatic rings. The van der Waals surface area contributed by atoms with Crippen LogP contribution in [0.1, 0.15) is 25.8 Å². The van der Waals surface area contributed by atoms with E-state index in [1.165, 1.54) is 12.3 Å². The summed E-state index contributed by atoms with van der Waals surface area (Å²) in [6.07, 6.45) is 2.15. The molecule has 0 saturated carbocycles. The molecule has 196 valence electrons. The van der Waals surface area contributed by atoms with Crippen LogP contribution in [-0.4, -0.2) is 81.4 Å². The van der Waals surface area contributed by atoms with Gasteiger partial charge in [-0.15, -0.1) is 0 Å². The van der Waals surface area contributed by atoms with Crippen molar-refractivity contribution in [1.82, 2.24) is 19.9 Å². The molecule has 0 aliphatic carbocycles. The van der Waals surface area contributed by atoms with Gasteiger partial charge in [0.05, 0.1) is 48.9 Å². The molecule has 1 aromatic carbocycles. The van der Waals surface area contributed by atoms with Gasteiger partial charge in [-0.25, -0.2) is 14.4 Å². The van der Waals surface area contributed by atoms with E-state index in [1.54, 1.807) is 6.20 Å². The molecule has 0 radical (unpaired) electrons. The Kier molecular flexibility index (Phi) is 6.72. The largest absolute Gasteiger partial charge is 0.386 e. The average molecular weight is 530 g/mol. The summed E-state index contributed by atoms with van der Waals surface area (Å²) in [5, 5.41) is 14.7. The van der Waals surface area contributed by atoms with Crippen molar-refractivity contribution in [3.05, 3.63) is 47.0 Å². The Balaban J connectivity index is 1.29. The minimum absolute atomic E-state index is 0.0858. The monoisotopic (exact) mass is 529 g/mol. The van der Waals surface area contributed by atoms with Crippen LogP contribution in [-0.2, 0) is 20.8 Å². The van der Waals surface area contributed by atoms with E-state index in [0.717, 1.165) is 5.56 Å². The lowest BCUT2D eigenvalue weighted by Gasteiger charge is -2.38. The summed E-state index contributed by atoms with van der Waals surface area (Å²) in [4.78, 5) is 15.6. The number of anilines is 1. The molecule has 0 spiro atoms. The molecule has 3 saturated heterocycles. The predicted octanol–water partition coefficient (Wildman–Crippen LogP) is 3.38. The zero-order valence-corrected chi connectivity index (χ0v) is 21.4. The molecule has 0 unspecified atom stereocenters. The number of fused-ring (bicyclic) bond motifs is 3. The standard InChI is InChI=1S/C26H29ClFN5O4/c1-13-10-35-11-14(2)33(13)9-15-3-16-4-17(5-20(28)23(16)29-7-15)22-19(27)8-30-26(32-22)31-21-6-18-12-36-25(37-18)24(21)34/h3-5,7-8,13-14,18,21,24-25,34H,6,9-12H2,1-2H3,(H,30,31,32)/t13-,14-,18-,21+,24-,25+/m0/s1. The van der Waals surface area contributed by atoms with Crippen molar-refractivity contribution in [3.63, 3.8) is 0 Å². The summed E-state index contributed by atoms with van der Waals surface area (Å²) in [6.45, 7) is 6.80. The second-order valence-corrected chi connectivity index (χ2v) is 10.5. The molecule has 5 heterocycles. The Hall–Kier alpha value is -2.47. The van der Waals surface area contributed by atoms with E-state index < -0.39 is 18.2 Å². The van der Waals surface area contributed by atoms with Crippen molar-refractivity contribution >= 4 is 28.5 Å². The van der Waals surface area contributed by atoms with Crippen LogP contribution in [0.25, 0.3) is 22.2 Å². The van der Waals surface area contributed by atoms with Gasteiger partial charge < -0.3 is 24.6 Å². The van der Waals surface area contributed by atoms with Crippen molar-refractivity contribution in [1.29, 1.82) is 0 Å². The van der Waals surface area contributed by atoms with E-state index in [4.69, 9.17) is 25.8 Å². The van der Waals surface area contributed by atoms with Gasteiger partial charge >= 0.3 is 0 Å². The van der Waals surface area contributed by atoms with Crippen molar-refractivity contribution in [3.8, 4) is 11.3 Å². The first kappa shape index (κ1) is 24.8. The highest BCUT2D eigenvalue weighted by Crippen LogP contribution is 2.33. The molecule has 3 fully saturated rings. The fourth-order valence-corrected chi connectivity index (χ4v) is 5.57. The highest BCUT2D eigenvalue weighted by molar-refractivity contribution is 6.33. The van der Waals surface area contributed by atoms with E-state index in [2.05, 4.69) is 39.0 Å². The van der Waals surface area contributed by atoms with E-state index in [9.17, 15) is 5.11 Å². The number of aliphatic hydroxyl groups is 1. The minimum atomic E-state index is -0.860. The summed E-state index contributed by atoms with van der Waals surface area (Å²) in [5.41, 5.74) is 2.19. The van der Waals surface area contributed by atoms with Gasteiger partial charge in [-0.3, -0.25) is 9.88 Å². The van der Waals surface area contributed by atoms with Crippen LogP contribution < -0.4 is 5.32 Å². The molecular formula is C26H29ClFN5O4. The smallest absolute Gasteiger partial charge is 0.223 e. The quantitative estimate of drug-likeness (QED) is 0.515. The highest BCUT2D eigenvalue weighted by Gasteiger charge is 2.43. The number of pyridine rings is 1. The summed E-state index contributed by atoms with van der Waals surface area (Å²) < 4.78 is 31.8. The van der Waals surface area contributed by atoms with Gasteiger partial charge in [0.25, 0.3) is 0 Å². The summed E-state index contributed by atoms with van der Waals surface area (Å²) in [5.74, 6) is -0.169. The third kappa shape index (κ3) is 4.89. The van der Waals surface area contributed by atoms with Crippen molar-refractivity contribution in [2.75, 3.05) is 25.1 Å². The van der Waals surface area contributed by atoms with Crippen LogP contribution >= 0.6 is 11.6 Å². The van der Waals surface area contributed by atoms with E-state index in [1.807, 2.05) is 12.1 Å². The van der Waals surface area contributed by atoms with Crippen molar-refractivity contribution in [2.45, 2.75) is 63.4 Å². The van der Waals surface area contributed by atoms with Crippen LogP contribution in [0.15, 0.2) is 30.6 Å². The number of halogens is 2. The molecule has 0 amide bonds. The fourth-order valence-electron chi connectivity index (χ4n) is 5.37. The summed E-state index contributed by atoms with van der Waals surface area (Å²) in [6, 6.07) is 5.41. The number of aliphatic hydroxyl groups excluding tert-OH is 1. The van der Waals surface area contributed by atoms with Gasteiger partial charge in [0.2, 0.25) is 5.95 Å². The van der Waals surface area contributed by atoms with Crippen LogP contribution in [0.4, 0.5) is 10.3 Å². The third-order valence-corrected chi connectivity index (χ3v) is 7.60. The Morgan fingerprint density at radius 1 is 1.14 bits per heavy atom. The number of hydrogen-bond acceptors (Lipinski definition) is 9. The lowest BCUT2D eigenvalue weighted by atomic mass is 10.0. The molecule has 6 atom stereocenters. The number of benzene rings is 1. The van der Waals surface area contributed by atoms with Crippen LogP contribution in [0, 0.1) is 5.82 Å². The summed E-state index contributed by atoms with van der Waals surface area (Å²) in [7, 11) is 0. The second kappa shape index (κ2) is 10.0. The van der Waals surface area contributed by atoms with Gasteiger partial charge in [-0.2, -0.15) is 0 Å². The molecule has 3 aliphatic rings. The first-order valence-corrected chi connectivity index (χ1v) is 12.9. The van der Waals surface area contributed by atoms with Gasteiger partial charge in [0.1, 0.15) is 17.4 Å². The van der Waals surface area contributed by atoms with Crippen molar-refractivity contribution in [2.24, 2.45) is 0 Å². The van der Waals surface area contributed by atoms with Crippen LogP contribution in [0.2, 0.25) is 5.02 Å². The maximum absolute atomic E-state index is 15.1. The molecule has 3 aliphatic heterocycles. The van der Waals surface area contributed by atoms with Crippen molar-refractivity contribution < 1.29 is 23.7 Å². The van der Waals surface area contributed by atoms with E-state index in [-0.39, 0.29) is 30.2 Å². The number of rotatable bonds is 5. The first-order chi connectivity index (χ1) is 17.9.